The molecule has 2 rings (SSSR count). The summed E-state index contributed by atoms with van der Waals surface area (Å²) in [6, 6.07) is 6.33. The molecule has 6 nitrogen and oxygen atoms in total. The normalized spacial score (nSPS) is 15.6. The molecule has 1 aliphatic heterocycles. The number of imide groups is 2. The Hall–Kier alpha value is -3.02. The number of hydrogen-bond acceptors (Lipinski definition) is 4. The first kappa shape index (κ1) is 16.4. The van der Waals surface area contributed by atoms with E-state index in [4.69, 9.17) is 0 Å². The molecule has 0 radical (unpaired) electrons. The standard InChI is InChI=1S/C17H16N2O4/c1-11(20)4-5-12-6-8-13(9-7-12)10-14-15(21)18(2)17(23)19(3)16(14)22/h4-10H,1-3H3. The predicted octanol–water partition coefficient (Wildman–Crippen LogP) is 1.72. The molecule has 0 aromatic heterocycles. The van der Waals surface area contributed by atoms with Gasteiger partial charge in [0.15, 0.2) is 5.78 Å². The summed E-state index contributed by atoms with van der Waals surface area (Å²) in [5.41, 5.74) is 1.41. The van der Waals surface area contributed by atoms with Crippen LogP contribution in [-0.4, -0.2) is 47.5 Å². The Morgan fingerprint density at radius 1 is 0.913 bits per heavy atom. The molecule has 1 aromatic rings. The fourth-order valence-corrected chi connectivity index (χ4v) is 2.06. The second-order valence-corrected chi connectivity index (χ2v) is 5.18. The number of likely N-dealkylation sites (N-methyl/N-ethyl adjacent to an activating group) is 2. The minimum absolute atomic E-state index is 0.0506. The van der Waals surface area contributed by atoms with E-state index < -0.39 is 17.8 Å². The van der Waals surface area contributed by atoms with E-state index in [1.807, 2.05) is 0 Å². The summed E-state index contributed by atoms with van der Waals surface area (Å²) in [6.07, 6.45) is 4.58. The van der Waals surface area contributed by atoms with Crippen LogP contribution in [0.3, 0.4) is 0 Å². The zero-order valence-corrected chi connectivity index (χ0v) is 13.1. The van der Waals surface area contributed by atoms with Gasteiger partial charge in [-0.25, -0.2) is 4.79 Å². The molecule has 6 heteroatoms. The zero-order valence-electron chi connectivity index (χ0n) is 13.1. The van der Waals surface area contributed by atoms with Gasteiger partial charge in [-0.1, -0.05) is 30.3 Å². The Labute approximate surface area is 133 Å². The van der Waals surface area contributed by atoms with Crippen LogP contribution in [0, 0.1) is 0 Å². The van der Waals surface area contributed by atoms with Gasteiger partial charge in [-0.2, -0.15) is 0 Å². The van der Waals surface area contributed by atoms with Crippen LogP contribution in [0.5, 0.6) is 0 Å². The largest absolute Gasteiger partial charge is 0.333 e. The third kappa shape index (κ3) is 3.42. The van der Waals surface area contributed by atoms with E-state index in [1.165, 1.54) is 33.2 Å². The van der Waals surface area contributed by atoms with Crippen LogP contribution < -0.4 is 0 Å². The summed E-state index contributed by atoms with van der Waals surface area (Å²) >= 11 is 0. The molecule has 0 bridgehead atoms. The van der Waals surface area contributed by atoms with E-state index in [9.17, 15) is 19.2 Å². The summed E-state index contributed by atoms with van der Waals surface area (Å²) in [5.74, 6) is -1.30. The number of rotatable bonds is 3. The average Bonchev–Trinajstić information content (AvgIpc) is 2.54. The highest BCUT2D eigenvalue weighted by Gasteiger charge is 2.37. The summed E-state index contributed by atoms with van der Waals surface area (Å²) in [7, 11) is 2.66. The quantitative estimate of drug-likeness (QED) is 0.629. The molecule has 4 amide bonds. The molecular formula is C17H16N2O4. The summed E-state index contributed by atoms with van der Waals surface area (Å²) < 4.78 is 0. The van der Waals surface area contributed by atoms with E-state index in [2.05, 4.69) is 0 Å². The van der Waals surface area contributed by atoms with E-state index in [0.29, 0.717) is 5.56 Å². The highest BCUT2D eigenvalue weighted by Crippen LogP contribution is 2.18. The lowest BCUT2D eigenvalue weighted by Gasteiger charge is -2.28. The molecule has 1 aromatic carbocycles. The third-order valence-corrected chi connectivity index (χ3v) is 3.40. The number of nitrogens with zero attached hydrogens (tertiary/aromatic N) is 2. The van der Waals surface area contributed by atoms with Crippen molar-refractivity contribution in [2.45, 2.75) is 6.92 Å². The first-order chi connectivity index (χ1) is 10.8. The van der Waals surface area contributed by atoms with Gasteiger partial charge in [-0.15, -0.1) is 0 Å². The van der Waals surface area contributed by atoms with E-state index in [0.717, 1.165) is 15.4 Å². The van der Waals surface area contributed by atoms with Gasteiger partial charge in [0.1, 0.15) is 5.57 Å². The van der Waals surface area contributed by atoms with Crippen molar-refractivity contribution in [3.63, 3.8) is 0 Å². The maximum absolute atomic E-state index is 12.1. The van der Waals surface area contributed by atoms with Crippen molar-refractivity contribution in [2.24, 2.45) is 0 Å². The van der Waals surface area contributed by atoms with Crippen molar-refractivity contribution < 1.29 is 19.2 Å². The molecule has 1 saturated heterocycles. The van der Waals surface area contributed by atoms with Gasteiger partial charge in [-0.3, -0.25) is 24.2 Å². The van der Waals surface area contributed by atoms with Crippen LogP contribution in [0.25, 0.3) is 12.2 Å². The second-order valence-electron chi connectivity index (χ2n) is 5.18. The lowest BCUT2D eigenvalue weighted by Crippen LogP contribution is -2.52. The summed E-state index contributed by atoms with van der Waals surface area (Å²) in [5, 5.41) is 0. The molecule has 23 heavy (non-hydrogen) atoms. The number of barbiturate groups is 1. The summed E-state index contributed by atoms with van der Waals surface area (Å²) in [6.45, 7) is 1.46. The van der Waals surface area contributed by atoms with Gasteiger partial charge in [-0.05, 0) is 30.2 Å². The SMILES string of the molecule is CC(=O)C=Cc1ccc(C=C2C(=O)N(C)C(=O)N(C)C2=O)cc1. The molecule has 0 saturated carbocycles. The Bertz CT molecular complexity index is 718. The molecule has 1 heterocycles. The number of amides is 4. The fraction of sp³-hybridized carbons (Fsp3) is 0.176. The number of hydrogen-bond donors (Lipinski definition) is 0. The highest BCUT2D eigenvalue weighted by atomic mass is 16.2. The third-order valence-electron chi connectivity index (χ3n) is 3.40. The van der Waals surface area contributed by atoms with Gasteiger partial charge < -0.3 is 0 Å². The maximum atomic E-state index is 12.1. The number of carbonyl (C=O) groups is 4. The van der Waals surface area contributed by atoms with Crippen LogP contribution >= 0.6 is 0 Å². The second kappa shape index (κ2) is 6.39. The lowest BCUT2D eigenvalue weighted by molar-refractivity contribution is -0.134. The monoisotopic (exact) mass is 312 g/mol. The van der Waals surface area contributed by atoms with Gasteiger partial charge in [0.2, 0.25) is 0 Å². The van der Waals surface area contributed by atoms with Crippen molar-refractivity contribution in [1.82, 2.24) is 9.80 Å². The summed E-state index contributed by atoms with van der Waals surface area (Å²) in [4.78, 5) is 48.5. The molecule has 0 unspecified atom stereocenters. The van der Waals surface area contributed by atoms with Crippen molar-refractivity contribution in [3.05, 3.63) is 47.0 Å². The molecule has 1 fully saturated rings. The molecule has 118 valence electrons. The topological polar surface area (TPSA) is 74.8 Å². The van der Waals surface area contributed by atoms with Crippen LogP contribution in [0.2, 0.25) is 0 Å². The maximum Gasteiger partial charge on any atom is 0.333 e. The van der Waals surface area contributed by atoms with E-state index in [-0.39, 0.29) is 11.4 Å². The highest BCUT2D eigenvalue weighted by molar-refractivity contribution is 6.30. The van der Waals surface area contributed by atoms with Crippen LogP contribution in [0.1, 0.15) is 18.1 Å². The van der Waals surface area contributed by atoms with Crippen molar-refractivity contribution in [2.75, 3.05) is 14.1 Å². The average molecular weight is 312 g/mol. The minimum Gasteiger partial charge on any atom is -0.295 e. The number of urea groups is 1. The lowest BCUT2D eigenvalue weighted by atomic mass is 10.1. The molecule has 0 spiro atoms. The fourth-order valence-electron chi connectivity index (χ4n) is 2.06. The molecule has 0 aliphatic carbocycles. The Kier molecular flexibility index (Phi) is 4.55. The van der Waals surface area contributed by atoms with Gasteiger partial charge >= 0.3 is 6.03 Å². The molecular weight excluding hydrogens is 296 g/mol. The van der Waals surface area contributed by atoms with Crippen molar-refractivity contribution >= 4 is 35.8 Å². The number of carbonyl (C=O) groups excluding carboxylic acids is 4. The van der Waals surface area contributed by atoms with Crippen LogP contribution in [-0.2, 0) is 14.4 Å². The Morgan fingerprint density at radius 2 is 1.39 bits per heavy atom. The zero-order chi connectivity index (χ0) is 17.1. The van der Waals surface area contributed by atoms with Gasteiger partial charge in [0.25, 0.3) is 11.8 Å². The Balaban J connectivity index is 2.30. The van der Waals surface area contributed by atoms with E-state index >= 15 is 0 Å². The molecule has 0 N–H and O–H groups in total. The van der Waals surface area contributed by atoms with E-state index in [1.54, 1.807) is 30.3 Å². The predicted molar refractivity (Wildman–Crippen MR) is 85.1 cm³/mol. The first-order valence-corrected chi connectivity index (χ1v) is 6.91. The smallest absolute Gasteiger partial charge is 0.295 e. The first-order valence-electron chi connectivity index (χ1n) is 6.91. The molecule has 0 atom stereocenters. The Morgan fingerprint density at radius 3 is 1.87 bits per heavy atom. The van der Waals surface area contributed by atoms with Crippen LogP contribution in [0.4, 0.5) is 4.79 Å². The van der Waals surface area contributed by atoms with Gasteiger partial charge in [0, 0.05) is 14.1 Å². The number of ketones is 1. The van der Waals surface area contributed by atoms with Crippen LogP contribution in [0.15, 0.2) is 35.9 Å². The number of allylic oxidation sites excluding steroid dienone is 1. The number of benzene rings is 1. The molecule has 1 aliphatic rings. The van der Waals surface area contributed by atoms with Crippen molar-refractivity contribution in [1.29, 1.82) is 0 Å². The van der Waals surface area contributed by atoms with Crippen molar-refractivity contribution in [3.8, 4) is 0 Å². The van der Waals surface area contributed by atoms with Gasteiger partial charge in [0.05, 0.1) is 0 Å². The minimum atomic E-state index is -0.651.